The molecule has 1 rings (SSSR count). The number of aliphatic hydroxyl groups excluding tert-OH is 1. The summed E-state index contributed by atoms with van der Waals surface area (Å²) in [7, 11) is 0. The zero-order valence-corrected chi connectivity index (χ0v) is 11.7. The summed E-state index contributed by atoms with van der Waals surface area (Å²) in [6.07, 6.45) is 3.77. The predicted octanol–water partition coefficient (Wildman–Crippen LogP) is 0.314. The highest BCUT2D eigenvalue weighted by Crippen LogP contribution is 2.05. The van der Waals surface area contributed by atoms with Crippen LogP contribution in [0.2, 0.25) is 0 Å². The van der Waals surface area contributed by atoms with Gasteiger partial charge < -0.3 is 20.9 Å². The van der Waals surface area contributed by atoms with E-state index in [1.54, 1.807) is 30.3 Å². The first-order chi connectivity index (χ1) is 10.1. The molecule has 0 fully saturated rings. The molecule has 0 aliphatic rings. The molecule has 0 saturated carbocycles. The van der Waals surface area contributed by atoms with E-state index in [0.29, 0.717) is 31.7 Å². The van der Waals surface area contributed by atoms with Crippen molar-refractivity contribution < 1.29 is 19.4 Å². The quantitative estimate of drug-likeness (QED) is 0.450. The van der Waals surface area contributed by atoms with Gasteiger partial charge in [0, 0.05) is 24.8 Å². The molecule has 0 heterocycles. The number of aliphatic hydroxyl groups is 1. The molecule has 4 N–H and O–H groups in total. The third-order valence-electron chi connectivity index (χ3n) is 2.62. The second-order valence-electron chi connectivity index (χ2n) is 4.30. The van der Waals surface area contributed by atoms with Crippen molar-refractivity contribution in [2.45, 2.75) is 6.42 Å². The summed E-state index contributed by atoms with van der Waals surface area (Å²) in [5.74, 6) is -0.678. The summed E-state index contributed by atoms with van der Waals surface area (Å²) >= 11 is 0. The Kier molecular flexibility index (Phi) is 7.78. The summed E-state index contributed by atoms with van der Waals surface area (Å²) in [6.45, 7) is 1.33. The monoisotopic (exact) mass is 292 g/mol. The average Bonchev–Trinajstić information content (AvgIpc) is 2.49. The van der Waals surface area contributed by atoms with Crippen LogP contribution in [-0.4, -0.2) is 43.3 Å². The van der Waals surface area contributed by atoms with E-state index in [4.69, 9.17) is 15.6 Å². The van der Waals surface area contributed by atoms with Crippen molar-refractivity contribution in [1.29, 1.82) is 0 Å². The molecule has 1 aromatic carbocycles. The largest absolute Gasteiger partial charge is 0.394 e. The average molecular weight is 292 g/mol. The number of ether oxygens (including phenoxy) is 1. The van der Waals surface area contributed by atoms with Crippen LogP contribution in [0, 0.1) is 0 Å². The van der Waals surface area contributed by atoms with Gasteiger partial charge in [0.1, 0.15) is 0 Å². The van der Waals surface area contributed by atoms with E-state index in [0.717, 1.165) is 5.56 Å². The molecule has 0 aromatic heterocycles. The predicted molar refractivity (Wildman–Crippen MR) is 79.5 cm³/mol. The number of hydrogen-bond donors (Lipinski definition) is 3. The van der Waals surface area contributed by atoms with Crippen LogP contribution in [0.15, 0.2) is 30.3 Å². The van der Waals surface area contributed by atoms with Crippen molar-refractivity contribution in [2.75, 3.05) is 26.4 Å². The van der Waals surface area contributed by atoms with Crippen LogP contribution < -0.4 is 11.1 Å². The third kappa shape index (κ3) is 7.24. The van der Waals surface area contributed by atoms with Crippen LogP contribution in [0.5, 0.6) is 0 Å². The van der Waals surface area contributed by atoms with Crippen molar-refractivity contribution in [2.24, 2.45) is 5.73 Å². The standard InChI is InChI=1S/C15H20N2O4/c16-15(20)13-5-2-12(3-6-13)4-7-14(19)17-8-1-10-21-11-9-18/h2-7,18H,1,8-11H2,(H2,16,20)(H,17,19)/b7-4+. The third-order valence-corrected chi connectivity index (χ3v) is 2.62. The fourth-order valence-electron chi connectivity index (χ4n) is 1.54. The van der Waals surface area contributed by atoms with Gasteiger partial charge >= 0.3 is 0 Å². The SMILES string of the molecule is NC(=O)c1ccc(/C=C/C(=O)NCCCOCCO)cc1. The minimum Gasteiger partial charge on any atom is -0.394 e. The van der Waals surface area contributed by atoms with Crippen LogP contribution in [0.3, 0.4) is 0 Å². The highest BCUT2D eigenvalue weighted by Gasteiger charge is 1.99. The van der Waals surface area contributed by atoms with Gasteiger partial charge in [-0.1, -0.05) is 12.1 Å². The van der Waals surface area contributed by atoms with E-state index in [1.807, 2.05) is 0 Å². The van der Waals surface area contributed by atoms with Crippen molar-refractivity contribution in [3.63, 3.8) is 0 Å². The molecule has 0 atom stereocenters. The van der Waals surface area contributed by atoms with E-state index in [-0.39, 0.29) is 12.5 Å². The summed E-state index contributed by atoms with van der Waals surface area (Å²) in [5, 5.41) is 11.2. The topological polar surface area (TPSA) is 102 Å². The number of hydrogen-bond acceptors (Lipinski definition) is 4. The second-order valence-corrected chi connectivity index (χ2v) is 4.30. The number of benzene rings is 1. The van der Waals surface area contributed by atoms with Gasteiger partial charge in [-0.2, -0.15) is 0 Å². The number of amides is 2. The Morgan fingerprint density at radius 1 is 1.24 bits per heavy atom. The second kappa shape index (κ2) is 9.68. The Hall–Kier alpha value is -2.18. The molecule has 1 aromatic rings. The number of primary amides is 1. The maximum absolute atomic E-state index is 11.5. The molecule has 114 valence electrons. The molecule has 0 aliphatic carbocycles. The number of carbonyl (C=O) groups excluding carboxylic acids is 2. The Bertz CT molecular complexity index is 483. The van der Waals surface area contributed by atoms with Gasteiger partial charge in [-0.15, -0.1) is 0 Å². The lowest BCUT2D eigenvalue weighted by molar-refractivity contribution is -0.116. The van der Waals surface area contributed by atoms with E-state index < -0.39 is 5.91 Å². The minimum atomic E-state index is -0.480. The van der Waals surface area contributed by atoms with Crippen LogP contribution in [0.4, 0.5) is 0 Å². The summed E-state index contributed by atoms with van der Waals surface area (Å²) in [5.41, 5.74) is 6.38. The van der Waals surface area contributed by atoms with Gasteiger partial charge in [0.25, 0.3) is 0 Å². The van der Waals surface area contributed by atoms with Gasteiger partial charge in [-0.25, -0.2) is 0 Å². The highest BCUT2D eigenvalue weighted by molar-refractivity contribution is 5.94. The number of rotatable bonds is 9. The molecule has 0 radical (unpaired) electrons. The lowest BCUT2D eigenvalue weighted by atomic mass is 10.1. The summed E-state index contributed by atoms with van der Waals surface area (Å²) < 4.78 is 5.07. The van der Waals surface area contributed by atoms with Gasteiger partial charge in [0.15, 0.2) is 0 Å². The first-order valence-electron chi connectivity index (χ1n) is 6.68. The summed E-state index contributed by atoms with van der Waals surface area (Å²) in [4.78, 5) is 22.4. The lowest BCUT2D eigenvalue weighted by Crippen LogP contribution is -2.23. The molecular formula is C15H20N2O4. The van der Waals surface area contributed by atoms with Crippen molar-refractivity contribution in [1.82, 2.24) is 5.32 Å². The van der Waals surface area contributed by atoms with Crippen molar-refractivity contribution in [3.8, 4) is 0 Å². The molecule has 0 unspecified atom stereocenters. The molecule has 0 aliphatic heterocycles. The van der Waals surface area contributed by atoms with Crippen LogP contribution in [0.1, 0.15) is 22.3 Å². The zero-order chi connectivity index (χ0) is 15.5. The minimum absolute atomic E-state index is 0.00361. The van der Waals surface area contributed by atoms with Gasteiger partial charge in [-0.3, -0.25) is 9.59 Å². The fraction of sp³-hybridized carbons (Fsp3) is 0.333. The van der Waals surface area contributed by atoms with E-state index in [2.05, 4.69) is 5.32 Å². The molecule has 0 spiro atoms. The lowest BCUT2D eigenvalue weighted by Gasteiger charge is -2.03. The van der Waals surface area contributed by atoms with E-state index in [1.165, 1.54) is 6.08 Å². The van der Waals surface area contributed by atoms with E-state index in [9.17, 15) is 9.59 Å². The maximum Gasteiger partial charge on any atom is 0.248 e. The number of nitrogens with two attached hydrogens (primary N) is 1. The molecule has 6 heteroatoms. The number of nitrogens with one attached hydrogen (secondary N) is 1. The van der Waals surface area contributed by atoms with Crippen LogP contribution in [0.25, 0.3) is 6.08 Å². The summed E-state index contributed by atoms with van der Waals surface area (Å²) in [6, 6.07) is 6.65. The molecule has 21 heavy (non-hydrogen) atoms. The van der Waals surface area contributed by atoms with Gasteiger partial charge in [0.2, 0.25) is 11.8 Å². The molecule has 6 nitrogen and oxygen atoms in total. The number of carbonyl (C=O) groups is 2. The Morgan fingerprint density at radius 3 is 2.57 bits per heavy atom. The van der Waals surface area contributed by atoms with E-state index >= 15 is 0 Å². The van der Waals surface area contributed by atoms with Crippen molar-refractivity contribution >= 4 is 17.9 Å². The molecule has 0 bridgehead atoms. The Morgan fingerprint density at radius 2 is 1.95 bits per heavy atom. The fourth-order valence-corrected chi connectivity index (χ4v) is 1.54. The van der Waals surface area contributed by atoms with Crippen molar-refractivity contribution in [3.05, 3.63) is 41.5 Å². The normalized spacial score (nSPS) is 10.7. The van der Waals surface area contributed by atoms with Crippen LogP contribution in [-0.2, 0) is 9.53 Å². The van der Waals surface area contributed by atoms with Crippen LogP contribution >= 0.6 is 0 Å². The van der Waals surface area contributed by atoms with Gasteiger partial charge in [-0.05, 0) is 30.2 Å². The molecule has 0 saturated heterocycles. The molecule has 2 amide bonds. The first-order valence-corrected chi connectivity index (χ1v) is 6.68. The maximum atomic E-state index is 11.5. The Balaban J connectivity index is 2.28. The smallest absolute Gasteiger partial charge is 0.248 e. The highest BCUT2D eigenvalue weighted by atomic mass is 16.5. The Labute approximate surface area is 123 Å². The zero-order valence-electron chi connectivity index (χ0n) is 11.7. The first kappa shape index (κ1) is 16.9. The molecular weight excluding hydrogens is 272 g/mol. The van der Waals surface area contributed by atoms with Gasteiger partial charge in [0.05, 0.1) is 13.2 Å².